The maximum atomic E-state index is 3.76. The number of halogens is 1. The highest BCUT2D eigenvalue weighted by molar-refractivity contribution is 9.10. The van der Waals surface area contributed by atoms with Gasteiger partial charge in [-0.15, -0.1) is 0 Å². The predicted octanol–water partition coefficient (Wildman–Crippen LogP) is 3.71. The van der Waals surface area contributed by atoms with Gasteiger partial charge >= 0.3 is 0 Å². The molecule has 0 spiro atoms. The quantitative estimate of drug-likeness (QED) is 0.896. The van der Waals surface area contributed by atoms with Gasteiger partial charge in [0, 0.05) is 28.8 Å². The van der Waals surface area contributed by atoms with Crippen LogP contribution in [0.25, 0.3) is 0 Å². The van der Waals surface area contributed by atoms with Crippen molar-refractivity contribution in [1.29, 1.82) is 0 Å². The van der Waals surface area contributed by atoms with E-state index in [1.807, 2.05) is 0 Å². The van der Waals surface area contributed by atoms with Gasteiger partial charge in [0.25, 0.3) is 0 Å². The van der Waals surface area contributed by atoms with Crippen molar-refractivity contribution in [3.8, 4) is 0 Å². The number of fused-ring (bicyclic) bond motifs is 1. The highest BCUT2D eigenvalue weighted by Crippen LogP contribution is 2.31. The van der Waals surface area contributed by atoms with Gasteiger partial charge in [-0.1, -0.05) is 15.9 Å². The van der Waals surface area contributed by atoms with Crippen LogP contribution in [0, 0.1) is 13.8 Å². The number of hydrogen-bond donors (Lipinski definition) is 1. The van der Waals surface area contributed by atoms with Crippen LogP contribution in [-0.4, -0.2) is 30.1 Å². The van der Waals surface area contributed by atoms with E-state index in [2.05, 4.69) is 52.1 Å². The second-order valence-electron chi connectivity index (χ2n) is 5.71. The molecule has 1 aromatic carbocycles. The third-order valence-corrected chi connectivity index (χ3v) is 5.65. The summed E-state index contributed by atoms with van der Waals surface area (Å²) in [4.78, 5) is 2.65. The van der Waals surface area contributed by atoms with Crippen molar-refractivity contribution in [2.24, 2.45) is 0 Å². The van der Waals surface area contributed by atoms with Crippen LogP contribution in [0.1, 0.15) is 30.4 Å². The lowest BCUT2D eigenvalue weighted by molar-refractivity contribution is 0.318. The molecule has 18 heavy (non-hydrogen) atoms. The number of benzene rings is 1. The van der Waals surface area contributed by atoms with Crippen LogP contribution in [0.3, 0.4) is 0 Å². The van der Waals surface area contributed by atoms with Gasteiger partial charge in [0.05, 0.1) is 0 Å². The van der Waals surface area contributed by atoms with E-state index < -0.39 is 0 Å². The lowest BCUT2D eigenvalue weighted by atomic mass is 10.1. The minimum atomic E-state index is 0.646. The van der Waals surface area contributed by atoms with Crippen LogP contribution in [0.4, 0.5) is 5.69 Å². The normalized spacial score (nSPS) is 27.5. The first kappa shape index (κ1) is 12.5. The van der Waals surface area contributed by atoms with Crippen molar-refractivity contribution in [3.05, 3.63) is 27.7 Å². The van der Waals surface area contributed by atoms with Crippen molar-refractivity contribution in [2.45, 2.75) is 45.2 Å². The molecule has 0 amide bonds. The summed E-state index contributed by atoms with van der Waals surface area (Å²) in [5, 5.41) is 3.76. The number of hydrogen-bond acceptors (Lipinski definition) is 2. The fourth-order valence-electron chi connectivity index (χ4n) is 3.49. The predicted molar refractivity (Wildman–Crippen MR) is 80.2 cm³/mol. The molecule has 98 valence electrons. The second-order valence-corrected chi connectivity index (χ2v) is 6.50. The van der Waals surface area contributed by atoms with Gasteiger partial charge in [0.15, 0.2) is 0 Å². The Labute approximate surface area is 118 Å². The summed E-state index contributed by atoms with van der Waals surface area (Å²) >= 11 is 3.64. The molecule has 0 aromatic heterocycles. The minimum Gasteiger partial charge on any atom is -0.381 e. The Bertz CT molecular complexity index is 435. The molecule has 2 fully saturated rings. The first-order valence-electron chi connectivity index (χ1n) is 6.92. The zero-order valence-corrected chi connectivity index (χ0v) is 12.8. The van der Waals surface area contributed by atoms with Crippen molar-refractivity contribution < 1.29 is 0 Å². The third-order valence-electron chi connectivity index (χ3n) is 4.39. The highest BCUT2D eigenvalue weighted by Gasteiger charge is 2.36. The van der Waals surface area contributed by atoms with Gasteiger partial charge < -0.3 is 5.32 Å². The number of aryl methyl sites for hydroxylation is 2. The largest absolute Gasteiger partial charge is 0.381 e. The first-order chi connectivity index (χ1) is 8.65. The van der Waals surface area contributed by atoms with Crippen LogP contribution in [0.2, 0.25) is 0 Å². The number of anilines is 1. The van der Waals surface area contributed by atoms with E-state index in [1.165, 1.54) is 53.6 Å². The molecule has 0 bridgehead atoms. The van der Waals surface area contributed by atoms with E-state index in [0.29, 0.717) is 6.04 Å². The molecule has 0 saturated carbocycles. The van der Waals surface area contributed by atoms with E-state index in [0.717, 1.165) is 6.04 Å². The summed E-state index contributed by atoms with van der Waals surface area (Å²) in [5.74, 6) is 0. The van der Waals surface area contributed by atoms with Crippen LogP contribution in [0.5, 0.6) is 0 Å². The molecule has 0 radical (unpaired) electrons. The Morgan fingerprint density at radius 1 is 1.17 bits per heavy atom. The molecule has 2 nitrogen and oxygen atoms in total. The van der Waals surface area contributed by atoms with Gasteiger partial charge in [-0.25, -0.2) is 0 Å². The zero-order chi connectivity index (χ0) is 12.7. The van der Waals surface area contributed by atoms with Gasteiger partial charge in [0.1, 0.15) is 0 Å². The Morgan fingerprint density at radius 2 is 1.89 bits per heavy atom. The van der Waals surface area contributed by atoms with E-state index >= 15 is 0 Å². The molecule has 2 unspecified atom stereocenters. The summed E-state index contributed by atoms with van der Waals surface area (Å²) in [5.41, 5.74) is 3.92. The van der Waals surface area contributed by atoms with Gasteiger partial charge in [-0.3, -0.25) is 4.90 Å². The fourth-order valence-corrected chi connectivity index (χ4v) is 3.72. The molecule has 3 heteroatoms. The molecule has 1 N–H and O–H groups in total. The number of nitrogens with zero attached hydrogens (tertiary/aromatic N) is 1. The molecule has 2 heterocycles. The Morgan fingerprint density at radius 3 is 2.61 bits per heavy atom. The van der Waals surface area contributed by atoms with Gasteiger partial charge in [0.2, 0.25) is 0 Å². The van der Waals surface area contributed by atoms with E-state index in [-0.39, 0.29) is 0 Å². The highest BCUT2D eigenvalue weighted by atomic mass is 79.9. The van der Waals surface area contributed by atoms with Crippen molar-refractivity contribution in [2.75, 3.05) is 18.4 Å². The summed E-state index contributed by atoms with van der Waals surface area (Å²) in [7, 11) is 0. The minimum absolute atomic E-state index is 0.646. The lowest BCUT2D eigenvalue weighted by Gasteiger charge is -2.23. The standard InChI is InChI=1S/C15H21BrN2/c1-10-8-12(9-11(2)15(10)16)17-13-5-7-18-6-3-4-14(13)18/h8-9,13-14,17H,3-7H2,1-2H3. The maximum absolute atomic E-state index is 3.76. The van der Waals surface area contributed by atoms with Crippen molar-refractivity contribution in [3.63, 3.8) is 0 Å². The molecular weight excluding hydrogens is 288 g/mol. The molecule has 2 aliphatic heterocycles. The van der Waals surface area contributed by atoms with Gasteiger partial charge in [-0.05, 0) is 62.9 Å². The average Bonchev–Trinajstić information content (AvgIpc) is 2.91. The Hall–Kier alpha value is -0.540. The van der Waals surface area contributed by atoms with Crippen LogP contribution in [-0.2, 0) is 0 Å². The smallest absolute Gasteiger partial charge is 0.0429 e. The first-order valence-corrected chi connectivity index (χ1v) is 7.72. The third kappa shape index (κ3) is 2.19. The summed E-state index contributed by atoms with van der Waals surface area (Å²) in [6.45, 7) is 6.91. The maximum Gasteiger partial charge on any atom is 0.0429 e. The Kier molecular flexibility index (Phi) is 3.37. The number of rotatable bonds is 2. The molecule has 2 saturated heterocycles. The monoisotopic (exact) mass is 308 g/mol. The molecular formula is C15H21BrN2. The van der Waals surface area contributed by atoms with E-state index in [1.54, 1.807) is 0 Å². The topological polar surface area (TPSA) is 15.3 Å². The van der Waals surface area contributed by atoms with Crippen LogP contribution >= 0.6 is 15.9 Å². The van der Waals surface area contributed by atoms with Crippen molar-refractivity contribution in [1.82, 2.24) is 4.90 Å². The molecule has 2 atom stereocenters. The molecule has 3 rings (SSSR count). The summed E-state index contributed by atoms with van der Waals surface area (Å²) in [6.07, 6.45) is 4.03. The fraction of sp³-hybridized carbons (Fsp3) is 0.600. The SMILES string of the molecule is Cc1cc(NC2CCN3CCCC23)cc(C)c1Br. The summed E-state index contributed by atoms with van der Waals surface area (Å²) in [6, 6.07) is 5.94. The van der Waals surface area contributed by atoms with Gasteiger partial charge in [-0.2, -0.15) is 0 Å². The molecule has 0 aliphatic carbocycles. The second kappa shape index (κ2) is 4.86. The molecule has 1 aromatic rings. The van der Waals surface area contributed by atoms with Crippen LogP contribution in [0.15, 0.2) is 16.6 Å². The van der Waals surface area contributed by atoms with Crippen LogP contribution < -0.4 is 5.32 Å². The average molecular weight is 309 g/mol. The molecule has 2 aliphatic rings. The Balaban J connectivity index is 1.77. The number of nitrogens with one attached hydrogen (secondary N) is 1. The summed E-state index contributed by atoms with van der Waals surface area (Å²) < 4.78 is 1.24. The zero-order valence-electron chi connectivity index (χ0n) is 11.2. The van der Waals surface area contributed by atoms with E-state index in [9.17, 15) is 0 Å². The lowest BCUT2D eigenvalue weighted by Crippen LogP contribution is -2.33. The van der Waals surface area contributed by atoms with E-state index in [4.69, 9.17) is 0 Å². The van der Waals surface area contributed by atoms with Crippen molar-refractivity contribution >= 4 is 21.6 Å².